The van der Waals surface area contributed by atoms with Crippen molar-refractivity contribution in [3.8, 4) is 11.5 Å². The summed E-state index contributed by atoms with van der Waals surface area (Å²) >= 11 is 0. The van der Waals surface area contributed by atoms with Crippen LogP contribution in [0.2, 0.25) is 0 Å². The van der Waals surface area contributed by atoms with Crippen molar-refractivity contribution in [2.75, 3.05) is 20.8 Å². The highest BCUT2D eigenvalue weighted by atomic mass is 16.5. The predicted molar refractivity (Wildman–Crippen MR) is 86.2 cm³/mol. The molecule has 1 atom stereocenters. The molecule has 0 aliphatic carbocycles. The molecule has 0 amide bonds. The lowest BCUT2D eigenvalue weighted by atomic mass is 9.89. The molecule has 0 aromatic heterocycles. The fourth-order valence-electron chi connectivity index (χ4n) is 2.60. The molecule has 2 N–H and O–H groups in total. The molecule has 2 aromatic rings. The number of nitrogens with two attached hydrogens (primary N) is 1. The summed E-state index contributed by atoms with van der Waals surface area (Å²) in [6.07, 6.45) is 0.924. The molecule has 0 radical (unpaired) electrons. The molecule has 2 rings (SSSR count). The second kappa shape index (κ2) is 7.14. The molecule has 3 heteroatoms. The Kier molecular flexibility index (Phi) is 5.23. The molecule has 112 valence electrons. The van der Waals surface area contributed by atoms with Crippen molar-refractivity contribution in [1.82, 2.24) is 0 Å². The number of hydrogen-bond donors (Lipinski definition) is 1. The first-order valence-corrected chi connectivity index (χ1v) is 7.15. The summed E-state index contributed by atoms with van der Waals surface area (Å²) in [7, 11) is 3.37. The summed E-state index contributed by atoms with van der Waals surface area (Å²) in [6, 6.07) is 14.4. The first kappa shape index (κ1) is 15.4. The van der Waals surface area contributed by atoms with Crippen molar-refractivity contribution in [2.24, 2.45) is 5.73 Å². The molecule has 21 heavy (non-hydrogen) atoms. The monoisotopic (exact) mass is 285 g/mol. The normalized spacial score (nSPS) is 12.0. The number of aryl methyl sites for hydroxylation is 1. The maximum absolute atomic E-state index is 5.99. The molecule has 0 bridgehead atoms. The van der Waals surface area contributed by atoms with Gasteiger partial charge in [0, 0.05) is 5.92 Å². The van der Waals surface area contributed by atoms with Gasteiger partial charge in [0.15, 0.2) is 0 Å². The van der Waals surface area contributed by atoms with E-state index in [1.165, 1.54) is 16.7 Å². The molecule has 2 aromatic carbocycles. The van der Waals surface area contributed by atoms with Crippen LogP contribution < -0.4 is 15.2 Å². The van der Waals surface area contributed by atoms with E-state index in [1.54, 1.807) is 14.2 Å². The highest BCUT2D eigenvalue weighted by molar-refractivity contribution is 5.38. The third-order valence-electron chi connectivity index (χ3n) is 3.84. The van der Waals surface area contributed by atoms with E-state index in [9.17, 15) is 0 Å². The summed E-state index contributed by atoms with van der Waals surface area (Å²) in [5.74, 6) is 2.07. The van der Waals surface area contributed by atoms with Crippen LogP contribution in [0.1, 0.15) is 22.6 Å². The van der Waals surface area contributed by atoms with Crippen molar-refractivity contribution >= 4 is 0 Å². The molecular weight excluding hydrogens is 262 g/mol. The zero-order valence-electron chi connectivity index (χ0n) is 12.9. The number of benzene rings is 2. The molecule has 0 aliphatic rings. The van der Waals surface area contributed by atoms with Crippen LogP contribution in [0.3, 0.4) is 0 Å². The first-order valence-electron chi connectivity index (χ1n) is 7.15. The topological polar surface area (TPSA) is 44.5 Å². The van der Waals surface area contributed by atoms with Gasteiger partial charge in [-0.3, -0.25) is 0 Å². The summed E-state index contributed by atoms with van der Waals surface area (Å²) in [5, 5.41) is 0. The minimum absolute atomic E-state index is 0.310. The molecule has 0 heterocycles. The molecule has 0 saturated heterocycles. The quantitative estimate of drug-likeness (QED) is 0.885. The van der Waals surface area contributed by atoms with Crippen LogP contribution in [-0.4, -0.2) is 20.8 Å². The van der Waals surface area contributed by atoms with E-state index in [4.69, 9.17) is 15.2 Å². The Morgan fingerprint density at radius 1 is 0.952 bits per heavy atom. The average Bonchev–Trinajstić information content (AvgIpc) is 2.53. The second-order valence-electron chi connectivity index (χ2n) is 5.21. The van der Waals surface area contributed by atoms with E-state index in [1.807, 2.05) is 18.2 Å². The molecule has 0 fully saturated rings. The van der Waals surface area contributed by atoms with Crippen LogP contribution in [0, 0.1) is 6.92 Å². The second-order valence-corrected chi connectivity index (χ2v) is 5.21. The van der Waals surface area contributed by atoms with Crippen molar-refractivity contribution in [3.63, 3.8) is 0 Å². The molecule has 0 aliphatic heterocycles. The Bertz CT molecular complexity index is 578. The first-order chi connectivity index (χ1) is 10.2. The van der Waals surface area contributed by atoms with Crippen LogP contribution >= 0.6 is 0 Å². The SMILES string of the molecule is COc1ccc(CC(CN)c2ccc(OC)cc2C)cc1. The maximum atomic E-state index is 5.99. The van der Waals surface area contributed by atoms with Gasteiger partial charge in [0.25, 0.3) is 0 Å². The summed E-state index contributed by atoms with van der Waals surface area (Å²) < 4.78 is 10.5. The minimum Gasteiger partial charge on any atom is -0.497 e. The van der Waals surface area contributed by atoms with Crippen LogP contribution in [0.15, 0.2) is 42.5 Å². The Hall–Kier alpha value is -2.00. The highest BCUT2D eigenvalue weighted by Crippen LogP contribution is 2.27. The third kappa shape index (κ3) is 3.76. The standard InChI is InChI=1S/C18H23NO2/c1-13-10-17(21-3)8-9-18(13)15(12-19)11-14-4-6-16(20-2)7-5-14/h4-10,15H,11-12,19H2,1-3H3. The Labute approximate surface area is 126 Å². The number of rotatable bonds is 6. The lowest BCUT2D eigenvalue weighted by Gasteiger charge is -2.18. The van der Waals surface area contributed by atoms with Crippen molar-refractivity contribution in [3.05, 3.63) is 59.2 Å². The fourth-order valence-corrected chi connectivity index (χ4v) is 2.60. The fraction of sp³-hybridized carbons (Fsp3) is 0.333. The van der Waals surface area contributed by atoms with Gasteiger partial charge in [-0.2, -0.15) is 0 Å². The van der Waals surface area contributed by atoms with Gasteiger partial charge in [-0.15, -0.1) is 0 Å². The average molecular weight is 285 g/mol. The largest absolute Gasteiger partial charge is 0.497 e. The Balaban J connectivity index is 2.18. The molecule has 0 spiro atoms. The van der Waals surface area contributed by atoms with Crippen LogP contribution in [0.5, 0.6) is 11.5 Å². The van der Waals surface area contributed by atoms with Gasteiger partial charge >= 0.3 is 0 Å². The number of methoxy groups -OCH3 is 2. The lowest BCUT2D eigenvalue weighted by molar-refractivity contribution is 0.414. The van der Waals surface area contributed by atoms with E-state index in [2.05, 4.69) is 31.2 Å². The van der Waals surface area contributed by atoms with Gasteiger partial charge in [0.05, 0.1) is 14.2 Å². The molecule has 1 unspecified atom stereocenters. The number of ether oxygens (including phenoxy) is 2. The zero-order chi connectivity index (χ0) is 15.2. The van der Waals surface area contributed by atoms with Crippen LogP contribution in [-0.2, 0) is 6.42 Å². The third-order valence-corrected chi connectivity index (χ3v) is 3.84. The van der Waals surface area contributed by atoms with E-state index < -0.39 is 0 Å². The van der Waals surface area contributed by atoms with Gasteiger partial charge in [-0.05, 0) is 60.8 Å². The lowest BCUT2D eigenvalue weighted by Crippen LogP contribution is -2.16. The van der Waals surface area contributed by atoms with Crippen LogP contribution in [0.4, 0.5) is 0 Å². The van der Waals surface area contributed by atoms with Gasteiger partial charge in [0.2, 0.25) is 0 Å². The van der Waals surface area contributed by atoms with Crippen molar-refractivity contribution < 1.29 is 9.47 Å². The smallest absolute Gasteiger partial charge is 0.119 e. The zero-order valence-corrected chi connectivity index (χ0v) is 12.9. The summed E-state index contributed by atoms with van der Waals surface area (Å²) in [4.78, 5) is 0. The van der Waals surface area contributed by atoms with E-state index in [0.29, 0.717) is 12.5 Å². The van der Waals surface area contributed by atoms with E-state index in [0.717, 1.165) is 17.9 Å². The highest BCUT2D eigenvalue weighted by Gasteiger charge is 2.13. The van der Waals surface area contributed by atoms with Gasteiger partial charge in [-0.25, -0.2) is 0 Å². The van der Waals surface area contributed by atoms with Gasteiger partial charge < -0.3 is 15.2 Å². The molecular formula is C18H23NO2. The van der Waals surface area contributed by atoms with Crippen molar-refractivity contribution in [2.45, 2.75) is 19.3 Å². The molecule has 3 nitrogen and oxygen atoms in total. The summed E-state index contributed by atoms with van der Waals surface area (Å²) in [5.41, 5.74) is 9.76. The summed E-state index contributed by atoms with van der Waals surface area (Å²) in [6.45, 7) is 2.73. The van der Waals surface area contributed by atoms with E-state index >= 15 is 0 Å². The Morgan fingerprint density at radius 3 is 2.10 bits per heavy atom. The van der Waals surface area contributed by atoms with Gasteiger partial charge in [0.1, 0.15) is 11.5 Å². The van der Waals surface area contributed by atoms with Crippen molar-refractivity contribution in [1.29, 1.82) is 0 Å². The maximum Gasteiger partial charge on any atom is 0.119 e. The van der Waals surface area contributed by atoms with Gasteiger partial charge in [-0.1, -0.05) is 18.2 Å². The number of hydrogen-bond acceptors (Lipinski definition) is 3. The van der Waals surface area contributed by atoms with Crippen LogP contribution in [0.25, 0.3) is 0 Å². The van der Waals surface area contributed by atoms with E-state index in [-0.39, 0.29) is 0 Å². The minimum atomic E-state index is 0.310. The Morgan fingerprint density at radius 2 is 1.57 bits per heavy atom. The molecule has 0 saturated carbocycles. The predicted octanol–water partition coefficient (Wildman–Crippen LogP) is 3.30.